The number of methoxy groups -OCH3 is 1. The highest BCUT2D eigenvalue weighted by molar-refractivity contribution is 7.16. The summed E-state index contributed by atoms with van der Waals surface area (Å²) in [5.74, 6) is -1.08. The largest absolute Gasteiger partial charge is 0.481 e. The van der Waals surface area contributed by atoms with Crippen LogP contribution in [0.15, 0.2) is 76.3 Å². The molecule has 2 aromatic rings. The Hall–Kier alpha value is -3.46. The second-order valence-electron chi connectivity index (χ2n) is 5.59. The van der Waals surface area contributed by atoms with Crippen LogP contribution < -0.4 is 5.32 Å². The van der Waals surface area contributed by atoms with E-state index in [1.165, 1.54) is 25.3 Å². The molecule has 0 radical (unpaired) electrons. The number of nitrogens with one attached hydrogen (secondary N) is 1. The molecule has 0 amide bonds. The summed E-state index contributed by atoms with van der Waals surface area (Å²) in [6.07, 6.45) is 7.11. The molecule has 2 rings (SSSR count). The topological polar surface area (TPSA) is 75.9 Å². The Kier molecular flexibility index (Phi) is 15.3. The van der Waals surface area contributed by atoms with Gasteiger partial charge in [0.2, 0.25) is 11.8 Å². The van der Waals surface area contributed by atoms with E-state index < -0.39 is 11.8 Å². The monoisotopic (exact) mass is 476 g/mol. The number of ether oxygens (including phenoxy) is 1. The van der Waals surface area contributed by atoms with Crippen LogP contribution in [0, 0.1) is 0 Å². The molecular weight excluding hydrogens is 446 g/mol. The molecule has 0 bridgehead atoms. The third-order valence-corrected chi connectivity index (χ3v) is 4.61. The number of aromatic nitrogens is 1. The Morgan fingerprint density at radius 3 is 2.45 bits per heavy atom. The van der Waals surface area contributed by atoms with E-state index in [1.807, 2.05) is 51.1 Å². The molecule has 0 aliphatic heterocycles. The van der Waals surface area contributed by atoms with Gasteiger partial charge in [0.15, 0.2) is 11.3 Å². The molecule has 0 atom stereocenters. The van der Waals surface area contributed by atoms with Crippen LogP contribution in [-0.4, -0.2) is 38.0 Å². The fourth-order valence-electron chi connectivity index (χ4n) is 2.21. The number of benzene rings is 1. The SMILES string of the molecule is C/C=C\N=C(OC)c1cccc(-c2cnc(C=O)s2)c1.C=N/C(F)=C(NC)\C(F)=C/C.CC. The number of halogens is 2. The van der Waals surface area contributed by atoms with Gasteiger partial charge in [-0.15, -0.1) is 11.3 Å². The third-order valence-electron chi connectivity index (χ3n) is 3.64. The van der Waals surface area contributed by atoms with E-state index in [-0.39, 0.29) is 5.70 Å². The molecule has 6 nitrogen and oxygen atoms in total. The fourth-order valence-corrected chi connectivity index (χ4v) is 2.94. The zero-order valence-electron chi connectivity index (χ0n) is 19.7. The lowest BCUT2D eigenvalue weighted by Gasteiger charge is -2.05. The molecule has 1 N–H and O–H groups in total. The zero-order valence-corrected chi connectivity index (χ0v) is 20.5. The van der Waals surface area contributed by atoms with Gasteiger partial charge >= 0.3 is 0 Å². The summed E-state index contributed by atoms with van der Waals surface area (Å²) >= 11 is 1.36. The van der Waals surface area contributed by atoms with E-state index in [4.69, 9.17) is 4.74 Å². The number of aliphatic imine (C=N–C) groups is 2. The summed E-state index contributed by atoms with van der Waals surface area (Å²) in [6, 6.07) is 7.79. The van der Waals surface area contributed by atoms with Crippen LogP contribution in [0.3, 0.4) is 0 Å². The van der Waals surface area contributed by atoms with Gasteiger partial charge in [-0.05, 0) is 44.3 Å². The number of thiazole rings is 1. The van der Waals surface area contributed by atoms with Crippen LogP contribution in [0.25, 0.3) is 10.4 Å². The number of carbonyl (C=O) groups is 1. The maximum atomic E-state index is 12.6. The molecule has 0 unspecified atom stereocenters. The quantitative estimate of drug-likeness (QED) is 0.163. The standard InChI is InChI=1S/C15H14N2O2S.C7H10F2N2.C2H6/c1-3-7-16-15(19-2)12-6-4-5-11(8-12)13-9-17-14(10-18)20-13;1-4-5(8)6(10-2)7(9)11-3;1-2/h3-10H,1-2H3;4,10H,3H2,1-2H3;1-2H3/b7-3-,16-15?;5-4+,7-6+;. The second-order valence-corrected chi connectivity index (χ2v) is 6.65. The van der Waals surface area contributed by atoms with E-state index >= 15 is 0 Å². The normalized spacial score (nSPS) is 12.0. The Bertz CT molecular complexity index is 1010. The summed E-state index contributed by atoms with van der Waals surface area (Å²) in [7, 11) is 3.00. The van der Waals surface area contributed by atoms with Crippen molar-refractivity contribution in [1.29, 1.82) is 0 Å². The van der Waals surface area contributed by atoms with E-state index in [0.29, 0.717) is 10.9 Å². The number of allylic oxidation sites excluding steroid dienone is 3. The van der Waals surface area contributed by atoms with Gasteiger partial charge in [-0.1, -0.05) is 32.1 Å². The molecular formula is C24H30F2N4O2S. The summed E-state index contributed by atoms with van der Waals surface area (Å²) in [6.45, 7) is 10.3. The number of likely N-dealkylation sites (N-methyl/N-ethyl adjacent to an activating group) is 1. The molecule has 1 heterocycles. The van der Waals surface area contributed by atoms with Crippen LogP contribution >= 0.6 is 11.3 Å². The van der Waals surface area contributed by atoms with Gasteiger partial charge in [-0.25, -0.2) is 19.4 Å². The van der Waals surface area contributed by atoms with Crippen molar-refractivity contribution in [2.45, 2.75) is 27.7 Å². The summed E-state index contributed by atoms with van der Waals surface area (Å²) in [5.41, 5.74) is 1.59. The first-order valence-electron chi connectivity index (χ1n) is 10.1. The first-order valence-corrected chi connectivity index (χ1v) is 10.9. The van der Waals surface area contributed by atoms with Crippen molar-refractivity contribution >= 4 is 30.2 Å². The van der Waals surface area contributed by atoms with Gasteiger partial charge in [0, 0.05) is 25.0 Å². The van der Waals surface area contributed by atoms with E-state index in [9.17, 15) is 13.6 Å². The van der Waals surface area contributed by atoms with E-state index in [0.717, 1.165) is 28.4 Å². The lowest BCUT2D eigenvalue weighted by molar-refractivity contribution is 0.112. The third kappa shape index (κ3) is 9.69. The maximum absolute atomic E-state index is 12.6. The molecule has 9 heteroatoms. The minimum atomic E-state index is -0.942. The number of rotatable bonds is 7. The van der Waals surface area contributed by atoms with Crippen molar-refractivity contribution in [3.05, 3.63) is 76.9 Å². The number of nitrogens with zero attached hydrogens (tertiary/aromatic N) is 3. The minimum Gasteiger partial charge on any atom is -0.481 e. The Morgan fingerprint density at radius 2 is 1.97 bits per heavy atom. The van der Waals surface area contributed by atoms with Crippen molar-refractivity contribution in [3.63, 3.8) is 0 Å². The van der Waals surface area contributed by atoms with Gasteiger partial charge in [0.25, 0.3) is 0 Å². The molecule has 1 aromatic carbocycles. The molecule has 178 valence electrons. The molecule has 33 heavy (non-hydrogen) atoms. The van der Waals surface area contributed by atoms with Gasteiger partial charge in [-0.2, -0.15) is 4.39 Å². The summed E-state index contributed by atoms with van der Waals surface area (Å²) in [4.78, 5) is 22.8. The fraction of sp³-hybridized carbons (Fsp3) is 0.250. The Labute approximate surface area is 198 Å². The van der Waals surface area contributed by atoms with Crippen molar-refractivity contribution in [2.75, 3.05) is 14.2 Å². The first kappa shape index (κ1) is 29.5. The first-order chi connectivity index (χ1) is 15.9. The van der Waals surface area contributed by atoms with Crippen LogP contribution in [0.5, 0.6) is 0 Å². The predicted octanol–water partition coefficient (Wildman–Crippen LogP) is 6.49. The Balaban J connectivity index is 0.000000673. The van der Waals surface area contributed by atoms with Crippen molar-refractivity contribution < 1.29 is 18.3 Å². The molecule has 0 aliphatic carbocycles. The highest BCUT2D eigenvalue weighted by Crippen LogP contribution is 2.26. The van der Waals surface area contributed by atoms with Crippen molar-refractivity contribution in [2.24, 2.45) is 9.98 Å². The van der Waals surface area contributed by atoms with Crippen molar-refractivity contribution in [1.82, 2.24) is 10.3 Å². The Morgan fingerprint density at radius 1 is 1.27 bits per heavy atom. The van der Waals surface area contributed by atoms with Crippen LogP contribution in [0.2, 0.25) is 0 Å². The molecule has 1 aromatic heterocycles. The van der Waals surface area contributed by atoms with Crippen LogP contribution in [0.4, 0.5) is 8.78 Å². The smallest absolute Gasteiger partial charge is 0.238 e. The van der Waals surface area contributed by atoms with Crippen LogP contribution in [0.1, 0.15) is 43.1 Å². The maximum Gasteiger partial charge on any atom is 0.238 e. The minimum absolute atomic E-state index is 0.275. The van der Waals surface area contributed by atoms with Gasteiger partial charge < -0.3 is 10.1 Å². The van der Waals surface area contributed by atoms with Crippen LogP contribution in [-0.2, 0) is 4.74 Å². The highest BCUT2D eigenvalue weighted by atomic mass is 32.1. The zero-order chi connectivity index (χ0) is 25.2. The van der Waals surface area contributed by atoms with Gasteiger partial charge in [-0.3, -0.25) is 4.79 Å². The average molecular weight is 477 g/mol. The summed E-state index contributed by atoms with van der Waals surface area (Å²) in [5, 5.41) is 2.80. The highest BCUT2D eigenvalue weighted by Gasteiger charge is 2.08. The molecule has 0 fully saturated rings. The second kappa shape index (κ2) is 17.1. The molecule has 0 saturated heterocycles. The average Bonchev–Trinajstić information content (AvgIpc) is 3.36. The molecule has 0 saturated carbocycles. The summed E-state index contributed by atoms with van der Waals surface area (Å²) < 4.78 is 30.5. The predicted molar refractivity (Wildman–Crippen MR) is 134 cm³/mol. The number of hydrogen-bond donors (Lipinski definition) is 1. The van der Waals surface area contributed by atoms with E-state index in [1.54, 1.807) is 19.5 Å². The number of carbonyl (C=O) groups excluding carboxylic acids is 1. The lowest BCUT2D eigenvalue weighted by atomic mass is 10.1. The molecule has 0 aliphatic rings. The molecule has 0 spiro atoms. The van der Waals surface area contributed by atoms with E-state index in [2.05, 4.69) is 27.0 Å². The number of hydrogen-bond acceptors (Lipinski definition) is 7. The van der Waals surface area contributed by atoms with Crippen molar-refractivity contribution in [3.8, 4) is 10.4 Å². The lowest BCUT2D eigenvalue weighted by Crippen LogP contribution is -2.07. The van der Waals surface area contributed by atoms with Gasteiger partial charge in [0.05, 0.1) is 12.0 Å². The number of aldehydes is 1. The van der Waals surface area contributed by atoms with Gasteiger partial charge in [0.1, 0.15) is 11.5 Å².